The van der Waals surface area contributed by atoms with E-state index in [9.17, 15) is 0 Å². The van der Waals surface area contributed by atoms with Gasteiger partial charge in [0.2, 0.25) is 0 Å². The van der Waals surface area contributed by atoms with Crippen LogP contribution in [0.4, 0.5) is 0 Å². The predicted octanol–water partition coefficient (Wildman–Crippen LogP) is 2.43. The zero-order valence-electron chi connectivity index (χ0n) is 11.1. The second kappa shape index (κ2) is 6.57. The Labute approximate surface area is 109 Å². The molecular weight excluding hydrogens is 222 g/mol. The first-order valence-corrected chi connectivity index (χ1v) is 6.78. The van der Waals surface area contributed by atoms with Crippen LogP contribution in [0.3, 0.4) is 0 Å². The molecule has 98 valence electrons. The molecule has 3 nitrogen and oxygen atoms in total. The minimum atomic E-state index is 0.320. The Morgan fingerprint density at radius 1 is 1.28 bits per heavy atom. The molecule has 1 aromatic carbocycles. The van der Waals surface area contributed by atoms with Gasteiger partial charge in [0.15, 0.2) is 0 Å². The fraction of sp³-hybridized carbons (Fsp3) is 0.467. The Hall–Kier alpha value is -1.32. The maximum absolute atomic E-state index is 5.71. The molecule has 0 fully saturated rings. The van der Waals surface area contributed by atoms with Crippen molar-refractivity contribution in [2.45, 2.75) is 32.2 Å². The molecule has 0 bridgehead atoms. The topological polar surface area (TPSA) is 53.8 Å². The molecule has 0 amide bonds. The molecule has 4 N–H and O–H groups in total. The fourth-order valence-electron chi connectivity index (χ4n) is 2.24. The molecule has 0 saturated carbocycles. The van der Waals surface area contributed by atoms with Crippen LogP contribution in [-0.4, -0.2) is 24.1 Å². The third kappa shape index (κ3) is 3.59. The van der Waals surface area contributed by atoms with Crippen molar-refractivity contribution in [3.63, 3.8) is 0 Å². The van der Waals surface area contributed by atoms with Crippen LogP contribution >= 0.6 is 0 Å². The lowest BCUT2D eigenvalue weighted by atomic mass is 10.1. The molecular formula is C15H23N3. The lowest BCUT2D eigenvalue weighted by molar-refractivity contribution is 0.576. The predicted molar refractivity (Wildman–Crippen MR) is 77.8 cm³/mol. The number of nitrogens with one attached hydrogen (secondary N) is 2. The van der Waals surface area contributed by atoms with Crippen molar-refractivity contribution < 1.29 is 0 Å². The summed E-state index contributed by atoms with van der Waals surface area (Å²) in [6, 6.07) is 8.77. The normalized spacial score (nSPS) is 13.0. The first-order chi connectivity index (χ1) is 8.77. The van der Waals surface area contributed by atoms with Gasteiger partial charge in [-0.05, 0) is 50.9 Å². The molecule has 0 aliphatic carbocycles. The van der Waals surface area contributed by atoms with Crippen LogP contribution in [0.15, 0.2) is 30.5 Å². The molecule has 1 aromatic heterocycles. The molecule has 1 unspecified atom stereocenters. The smallest absolute Gasteiger partial charge is 0.0456 e. The molecule has 0 saturated heterocycles. The van der Waals surface area contributed by atoms with E-state index in [1.807, 2.05) is 0 Å². The molecule has 2 rings (SSSR count). The molecule has 18 heavy (non-hydrogen) atoms. The lowest BCUT2D eigenvalue weighted by Gasteiger charge is -2.06. The lowest BCUT2D eigenvalue weighted by Crippen LogP contribution is -2.21. The summed E-state index contributed by atoms with van der Waals surface area (Å²) in [5, 5.41) is 4.82. The number of fused-ring (bicyclic) bond motifs is 1. The van der Waals surface area contributed by atoms with Gasteiger partial charge in [0.05, 0.1) is 0 Å². The van der Waals surface area contributed by atoms with Crippen LogP contribution in [0, 0.1) is 0 Å². The Kier molecular flexibility index (Phi) is 4.79. The van der Waals surface area contributed by atoms with Crippen LogP contribution < -0.4 is 11.1 Å². The van der Waals surface area contributed by atoms with Crippen molar-refractivity contribution in [1.82, 2.24) is 10.3 Å². The summed E-state index contributed by atoms with van der Waals surface area (Å²) in [7, 11) is 0. The van der Waals surface area contributed by atoms with Crippen LogP contribution in [-0.2, 0) is 6.42 Å². The van der Waals surface area contributed by atoms with Gasteiger partial charge in [-0.2, -0.15) is 0 Å². The van der Waals surface area contributed by atoms with Crippen molar-refractivity contribution in [1.29, 1.82) is 0 Å². The number of benzene rings is 1. The van der Waals surface area contributed by atoms with Crippen LogP contribution in [0.2, 0.25) is 0 Å². The van der Waals surface area contributed by atoms with Crippen molar-refractivity contribution in [3.05, 3.63) is 36.0 Å². The van der Waals surface area contributed by atoms with Crippen molar-refractivity contribution in [2.75, 3.05) is 13.1 Å². The maximum atomic E-state index is 5.71. The largest absolute Gasteiger partial charge is 0.361 e. The molecule has 0 aliphatic rings. The van der Waals surface area contributed by atoms with Gasteiger partial charge in [0, 0.05) is 23.1 Å². The van der Waals surface area contributed by atoms with Gasteiger partial charge in [-0.25, -0.2) is 0 Å². The highest BCUT2D eigenvalue weighted by molar-refractivity contribution is 5.83. The highest BCUT2D eigenvalue weighted by Gasteiger charge is 2.01. The van der Waals surface area contributed by atoms with E-state index in [2.05, 4.69) is 47.7 Å². The monoisotopic (exact) mass is 245 g/mol. The number of aromatic nitrogens is 1. The first-order valence-electron chi connectivity index (χ1n) is 6.78. The minimum Gasteiger partial charge on any atom is -0.361 e. The number of aromatic amines is 1. The molecule has 1 atom stereocenters. The van der Waals surface area contributed by atoms with E-state index in [0.29, 0.717) is 6.04 Å². The van der Waals surface area contributed by atoms with Gasteiger partial charge in [0.25, 0.3) is 0 Å². The second-order valence-electron chi connectivity index (χ2n) is 4.98. The third-order valence-corrected chi connectivity index (χ3v) is 3.26. The van der Waals surface area contributed by atoms with Crippen molar-refractivity contribution >= 4 is 10.9 Å². The van der Waals surface area contributed by atoms with Crippen LogP contribution in [0.1, 0.15) is 25.3 Å². The van der Waals surface area contributed by atoms with Crippen molar-refractivity contribution in [2.24, 2.45) is 5.73 Å². The summed E-state index contributed by atoms with van der Waals surface area (Å²) in [5.41, 5.74) is 8.33. The molecule has 2 aromatic rings. The Bertz CT molecular complexity index is 473. The second-order valence-corrected chi connectivity index (χ2v) is 4.98. The number of H-pyrrole nitrogens is 1. The summed E-state index contributed by atoms with van der Waals surface area (Å²) in [4.78, 5) is 3.31. The van der Waals surface area contributed by atoms with Gasteiger partial charge >= 0.3 is 0 Å². The molecule has 0 aliphatic heterocycles. The highest BCUT2D eigenvalue weighted by Crippen LogP contribution is 2.17. The van der Waals surface area contributed by atoms with Gasteiger partial charge in [-0.1, -0.05) is 18.2 Å². The fourth-order valence-corrected chi connectivity index (χ4v) is 2.24. The number of hydrogen-bond acceptors (Lipinski definition) is 2. The van der Waals surface area contributed by atoms with E-state index in [1.54, 1.807) is 0 Å². The molecule has 3 heteroatoms. The van der Waals surface area contributed by atoms with Gasteiger partial charge in [-0.15, -0.1) is 0 Å². The van der Waals surface area contributed by atoms with E-state index in [1.165, 1.54) is 16.5 Å². The molecule has 0 radical (unpaired) electrons. The average Bonchev–Trinajstić information content (AvgIpc) is 2.77. The number of rotatable bonds is 7. The number of nitrogens with two attached hydrogens (primary N) is 1. The van der Waals surface area contributed by atoms with E-state index in [-0.39, 0.29) is 0 Å². The first kappa shape index (κ1) is 13.1. The summed E-state index contributed by atoms with van der Waals surface area (Å²) in [6.45, 7) is 4.15. The Morgan fingerprint density at radius 2 is 2.11 bits per heavy atom. The van der Waals surface area contributed by atoms with Crippen LogP contribution in [0.5, 0.6) is 0 Å². The molecule has 0 spiro atoms. The Morgan fingerprint density at radius 3 is 2.94 bits per heavy atom. The Balaban J connectivity index is 1.74. The van der Waals surface area contributed by atoms with Crippen LogP contribution in [0.25, 0.3) is 10.9 Å². The van der Waals surface area contributed by atoms with Gasteiger partial charge in [0.1, 0.15) is 0 Å². The van der Waals surface area contributed by atoms with Crippen molar-refractivity contribution in [3.8, 4) is 0 Å². The maximum Gasteiger partial charge on any atom is 0.0456 e. The number of para-hydroxylation sites is 1. The molecule has 1 heterocycles. The van der Waals surface area contributed by atoms with E-state index >= 15 is 0 Å². The highest BCUT2D eigenvalue weighted by atomic mass is 14.8. The van der Waals surface area contributed by atoms with Gasteiger partial charge < -0.3 is 16.0 Å². The van der Waals surface area contributed by atoms with E-state index in [0.717, 1.165) is 32.4 Å². The minimum absolute atomic E-state index is 0.320. The quantitative estimate of drug-likeness (QED) is 0.656. The summed E-state index contributed by atoms with van der Waals surface area (Å²) < 4.78 is 0. The van der Waals surface area contributed by atoms with Gasteiger partial charge in [-0.3, -0.25) is 0 Å². The standard InChI is InChI=1S/C15H23N3/c1-12(16)5-4-9-17-10-8-13-11-18-15-7-3-2-6-14(13)15/h2-3,6-7,11-12,17-18H,4-5,8-10,16H2,1H3. The van der Waals surface area contributed by atoms with E-state index in [4.69, 9.17) is 5.73 Å². The summed E-state index contributed by atoms with van der Waals surface area (Å²) in [5.74, 6) is 0. The SMILES string of the molecule is CC(N)CCCNCCc1c[nH]c2ccccc12. The summed E-state index contributed by atoms with van der Waals surface area (Å²) in [6.07, 6.45) is 5.45. The third-order valence-electron chi connectivity index (χ3n) is 3.26. The van der Waals surface area contributed by atoms with E-state index < -0.39 is 0 Å². The number of hydrogen-bond donors (Lipinski definition) is 3. The summed E-state index contributed by atoms with van der Waals surface area (Å²) >= 11 is 0. The average molecular weight is 245 g/mol. The zero-order valence-corrected chi connectivity index (χ0v) is 11.1. The zero-order chi connectivity index (χ0) is 12.8.